The second-order valence-corrected chi connectivity index (χ2v) is 8.85. The highest BCUT2D eigenvalue weighted by molar-refractivity contribution is 5.62. The number of nitrogens with zero attached hydrogens (tertiary/aromatic N) is 1. The van der Waals surface area contributed by atoms with E-state index in [1.807, 2.05) is 33.8 Å². The van der Waals surface area contributed by atoms with Gasteiger partial charge in [-0.05, 0) is 34.1 Å². The van der Waals surface area contributed by atoms with Crippen molar-refractivity contribution < 1.29 is 19.1 Å². The van der Waals surface area contributed by atoms with Crippen LogP contribution in [0, 0.1) is 5.92 Å². The number of aliphatic hydroxyl groups is 1. The molecule has 1 amide bonds. The van der Waals surface area contributed by atoms with Crippen molar-refractivity contribution in [3.63, 3.8) is 0 Å². The molecule has 2 unspecified atom stereocenters. The highest BCUT2D eigenvalue weighted by Crippen LogP contribution is 2.59. The van der Waals surface area contributed by atoms with E-state index in [1.54, 1.807) is 0 Å². The van der Waals surface area contributed by atoms with Crippen LogP contribution < -0.4 is 0 Å². The van der Waals surface area contributed by atoms with E-state index in [0.29, 0.717) is 16.8 Å². The molecular weight excluding hydrogens is 314 g/mol. The van der Waals surface area contributed by atoms with Crippen LogP contribution in [0.3, 0.4) is 0 Å². The fourth-order valence-corrected chi connectivity index (χ4v) is 5.13. The normalized spacial score (nSPS) is 32.6. The molecule has 4 heteroatoms. The number of hydrogen-bond acceptors (Lipinski definition) is 3. The van der Waals surface area contributed by atoms with Gasteiger partial charge in [-0.2, -0.15) is 4.79 Å². The fourth-order valence-electron chi connectivity index (χ4n) is 5.13. The first-order valence-corrected chi connectivity index (χ1v) is 9.56. The Balaban J connectivity index is 2.07. The lowest BCUT2D eigenvalue weighted by atomic mass is 9.76. The zero-order chi connectivity index (χ0) is 18.3. The van der Waals surface area contributed by atoms with Gasteiger partial charge in [-0.25, -0.2) is 4.48 Å². The van der Waals surface area contributed by atoms with Crippen molar-refractivity contribution >= 4 is 6.09 Å². The van der Waals surface area contributed by atoms with Gasteiger partial charge < -0.3 is 9.84 Å². The molecule has 138 valence electrons. The number of carbonyl (C=O) groups excluding carboxylic acids is 1. The monoisotopic (exact) mass is 346 g/mol. The van der Waals surface area contributed by atoms with Crippen LogP contribution in [-0.2, 0) is 10.3 Å². The molecule has 2 atom stereocenters. The molecule has 0 aliphatic carbocycles. The molecule has 25 heavy (non-hydrogen) atoms. The van der Waals surface area contributed by atoms with Crippen LogP contribution in [0.5, 0.6) is 0 Å². The fraction of sp³-hybridized carbons (Fsp3) is 0.667. The summed E-state index contributed by atoms with van der Waals surface area (Å²) in [7, 11) is 0. The van der Waals surface area contributed by atoms with Crippen LogP contribution in [0.4, 0.5) is 4.79 Å². The van der Waals surface area contributed by atoms with E-state index >= 15 is 0 Å². The molecule has 0 radical (unpaired) electrons. The lowest BCUT2D eigenvalue weighted by Crippen LogP contribution is -2.61. The van der Waals surface area contributed by atoms with Gasteiger partial charge in [0.1, 0.15) is 11.1 Å². The average molecular weight is 346 g/mol. The number of fused-ring (bicyclic) bond motifs is 2. The van der Waals surface area contributed by atoms with Crippen molar-refractivity contribution in [3.8, 4) is 0 Å². The number of amides is 1. The van der Waals surface area contributed by atoms with Crippen LogP contribution >= 0.6 is 0 Å². The molecule has 0 aromatic heterocycles. The molecular formula is C21H32NO3+. The maximum Gasteiger partial charge on any atom is 0.517 e. The molecule has 2 heterocycles. The van der Waals surface area contributed by atoms with E-state index in [0.717, 1.165) is 32.4 Å². The molecule has 4 nitrogen and oxygen atoms in total. The predicted molar refractivity (Wildman–Crippen MR) is 98.0 cm³/mol. The smallest absolute Gasteiger partial charge is 0.414 e. The summed E-state index contributed by atoms with van der Waals surface area (Å²) in [6.45, 7) is 9.33. The van der Waals surface area contributed by atoms with Gasteiger partial charge in [0.25, 0.3) is 0 Å². The minimum atomic E-state index is -0.489. The molecule has 0 spiro atoms. The van der Waals surface area contributed by atoms with Crippen molar-refractivity contribution in [1.82, 2.24) is 0 Å². The number of benzene rings is 1. The summed E-state index contributed by atoms with van der Waals surface area (Å²) in [4.78, 5) is 13.4. The number of piperidine rings is 1. The van der Waals surface area contributed by atoms with Crippen molar-refractivity contribution in [2.24, 2.45) is 5.92 Å². The lowest BCUT2D eigenvalue weighted by molar-refractivity contribution is -0.896. The van der Waals surface area contributed by atoms with Crippen molar-refractivity contribution in [1.29, 1.82) is 0 Å². The Kier molecular flexibility index (Phi) is 4.71. The van der Waals surface area contributed by atoms with Gasteiger partial charge in [0.2, 0.25) is 0 Å². The van der Waals surface area contributed by atoms with E-state index in [1.165, 1.54) is 5.56 Å². The van der Waals surface area contributed by atoms with E-state index in [9.17, 15) is 9.90 Å². The minimum absolute atomic E-state index is 0.0954. The van der Waals surface area contributed by atoms with Crippen LogP contribution in [0.1, 0.15) is 58.9 Å². The first-order valence-electron chi connectivity index (χ1n) is 9.56. The summed E-state index contributed by atoms with van der Waals surface area (Å²) in [6.07, 6.45) is 3.16. The second kappa shape index (κ2) is 6.40. The van der Waals surface area contributed by atoms with Crippen LogP contribution in [0.2, 0.25) is 0 Å². The highest BCUT2D eigenvalue weighted by atomic mass is 16.6. The van der Waals surface area contributed by atoms with E-state index < -0.39 is 5.60 Å². The number of rotatable bonds is 4. The van der Waals surface area contributed by atoms with Crippen LogP contribution in [-0.4, -0.2) is 40.5 Å². The van der Waals surface area contributed by atoms with Gasteiger partial charge in [0, 0.05) is 30.7 Å². The summed E-state index contributed by atoms with van der Waals surface area (Å²) < 4.78 is 6.29. The van der Waals surface area contributed by atoms with Gasteiger partial charge in [-0.1, -0.05) is 30.3 Å². The Morgan fingerprint density at radius 3 is 2.40 bits per heavy atom. The lowest BCUT2D eigenvalue weighted by Gasteiger charge is -2.44. The van der Waals surface area contributed by atoms with E-state index in [-0.39, 0.29) is 17.7 Å². The SMILES string of the molecule is CC(O)CCC1(c2ccccc2)C2CC[N+]1(C(=O)OC(C)(C)C)CC2. The predicted octanol–water partition coefficient (Wildman–Crippen LogP) is 4.22. The molecule has 2 bridgehead atoms. The molecule has 1 N–H and O–H groups in total. The molecule has 1 aromatic carbocycles. The summed E-state index contributed by atoms with van der Waals surface area (Å²) in [5.41, 5.74) is 0.472. The third kappa shape index (κ3) is 3.00. The van der Waals surface area contributed by atoms with E-state index in [2.05, 4.69) is 24.3 Å². The highest BCUT2D eigenvalue weighted by Gasteiger charge is 2.70. The van der Waals surface area contributed by atoms with Crippen molar-refractivity contribution in [2.75, 3.05) is 13.1 Å². The van der Waals surface area contributed by atoms with Crippen LogP contribution in [0.15, 0.2) is 30.3 Å². The third-order valence-electron chi connectivity index (χ3n) is 6.12. The number of hydrogen-bond donors (Lipinski definition) is 1. The van der Waals surface area contributed by atoms with Crippen molar-refractivity contribution in [2.45, 2.75) is 70.6 Å². The molecule has 2 aliphatic heterocycles. The Hall–Kier alpha value is -1.39. The molecule has 2 aliphatic rings. The van der Waals surface area contributed by atoms with Gasteiger partial charge in [-0.3, -0.25) is 0 Å². The molecule has 1 aromatic rings. The largest absolute Gasteiger partial charge is 0.517 e. The minimum Gasteiger partial charge on any atom is -0.414 e. The first kappa shape index (κ1) is 18.4. The molecule has 0 saturated carbocycles. The topological polar surface area (TPSA) is 46.5 Å². The third-order valence-corrected chi connectivity index (χ3v) is 6.12. The number of aliphatic hydroxyl groups excluding tert-OH is 1. The standard InChI is InChI=1S/C21H32NO3/c1-16(23)10-13-21(17-8-6-5-7-9-17)18-11-14-22(21,15-12-18)19(24)25-20(2,3)4/h5-9,16,18,23H,10-15H2,1-4H3/q+1. The van der Waals surface area contributed by atoms with Gasteiger partial charge in [0.05, 0.1) is 19.2 Å². The number of quaternary nitrogens is 1. The van der Waals surface area contributed by atoms with E-state index in [4.69, 9.17) is 4.74 Å². The number of ether oxygens (including phenoxy) is 1. The summed E-state index contributed by atoms with van der Waals surface area (Å²) in [5.74, 6) is 0.473. The van der Waals surface area contributed by atoms with Crippen LogP contribution in [0.25, 0.3) is 0 Å². The van der Waals surface area contributed by atoms with Gasteiger partial charge >= 0.3 is 6.09 Å². The second-order valence-electron chi connectivity index (χ2n) is 8.85. The molecule has 2 fully saturated rings. The Bertz CT molecular complexity index is 612. The maximum atomic E-state index is 13.4. The average Bonchev–Trinajstić information content (AvgIpc) is 3.04. The zero-order valence-corrected chi connectivity index (χ0v) is 16.0. The summed E-state index contributed by atoms with van der Waals surface area (Å²) in [6, 6.07) is 10.5. The summed E-state index contributed by atoms with van der Waals surface area (Å²) >= 11 is 0. The summed E-state index contributed by atoms with van der Waals surface area (Å²) in [5, 5.41) is 9.95. The number of carbonyl (C=O) groups is 1. The quantitative estimate of drug-likeness (QED) is 0.831. The Morgan fingerprint density at radius 1 is 1.28 bits per heavy atom. The molecule has 3 rings (SSSR count). The maximum absolute atomic E-state index is 13.4. The zero-order valence-electron chi connectivity index (χ0n) is 16.0. The molecule has 2 saturated heterocycles. The Morgan fingerprint density at radius 2 is 1.88 bits per heavy atom. The van der Waals surface area contributed by atoms with Gasteiger partial charge in [-0.15, -0.1) is 0 Å². The Labute approximate surface area is 151 Å². The van der Waals surface area contributed by atoms with Gasteiger partial charge in [0.15, 0.2) is 0 Å². The first-order chi connectivity index (χ1) is 11.7. The van der Waals surface area contributed by atoms with Crippen molar-refractivity contribution in [3.05, 3.63) is 35.9 Å².